The number of halogens is 5. The molecule has 4 aromatic rings. The Kier molecular flexibility index (Phi) is 8.41. The molecule has 0 saturated heterocycles. The van der Waals surface area contributed by atoms with Gasteiger partial charge < -0.3 is 4.57 Å². The third-order valence-corrected chi connectivity index (χ3v) is 8.60. The number of pyridine rings is 1. The lowest BCUT2D eigenvalue weighted by Gasteiger charge is -2.19. The second kappa shape index (κ2) is 11.5. The molecule has 0 saturated carbocycles. The summed E-state index contributed by atoms with van der Waals surface area (Å²) in [5.74, 6) is -2.07. The molecule has 1 heterocycles. The summed E-state index contributed by atoms with van der Waals surface area (Å²) in [5.41, 5.74) is -2.58. The Morgan fingerprint density at radius 1 is 0.929 bits per heavy atom. The van der Waals surface area contributed by atoms with Gasteiger partial charge in [0.1, 0.15) is 23.3 Å². The largest absolute Gasteiger partial charge is 0.417 e. The van der Waals surface area contributed by atoms with Crippen molar-refractivity contribution in [2.75, 3.05) is 5.75 Å². The molecule has 0 fully saturated rings. The van der Waals surface area contributed by atoms with Gasteiger partial charge in [-0.15, -0.1) is 0 Å². The van der Waals surface area contributed by atoms with Crippen molar-refractivity contribution in [2.45, 2.75) is 44.3 Å². The second-order valence-corrected chi connectivity index (χ2v) is 12.3. The Balaban J connectivity index is 2.00. The van der Waals surface area contributed by atoms with E-state index in [9.17, 15) is 40.4 Å². The minimum Gasteiger partial charge on any atom is -0.303 e. The summed E-state index contributed by atoms with van der Waals surface area (Å²) < 4.78 is 96.3. The van der Waals surface area contributed by atoms with E-state index in [1.165, 1.54) is 37.3 Å². The minimum atomic E-state index is -5.05. The van der Waals surface area contributed by atoms with Crippen molar-refractivity contribution in [1.29, 1.82) is 5.26 Å². The number of hydrogen-bond donors (Lipinski definition) is 0. The Morgan fingerprint density at radius 3 is 2.21 bits per heavy atom. The fourth-order valence-electron chi connectivity index (χ4n) is 4.52. The van der Waals surface area contributed by atoms with Crippen LogP contribution in [0.3, 0.4) is 0 Å². The Hall–Kier alpha value is -4.30. The van der Waals surface area contributed by atoms with Crippen molar-refractivity contribution < 1.29 is 30.4 Å². The lowest BCUT2D eigenvalue weighted by Crippen LogP contribution is -2.29. The van der Waals surface area contributed by atoms with Crippen LogP contribution in [0.4, 0.5) is 22.0 Å². The summed E-state index contributed by atoms with van der Waals surface area (Å²) in [4.78, 5) is 13.4. The van der Waals surface area contributed by atoms with Crippen molar-refractivity contribution in [2.24, 2.45) is 0 Å². The Bertz CT molecular complexity index is 1890. The molecule has 0 unspecified atom stereocenters. The summed E-state index contributed by atoms with van der Waals surface area (Å²) in [7, 11) is -3.59. The monoisotopic (exact) mass is 600 g/mol. The molecule has 0 aliphatic rings. The molecule has 218 valence electrons. The van der Waals surface area contributed by atoms with Crippen LogP contribution in [0.2, 0.25) is 0 Å². The Morgan fingerprint density at radius 2 is 1.62 bits per heavy atom. The first-order valence-corrected chi connectivity index (χ1v) is 14.5. The van der Waals surface area contributed by atoms with E-state index in [4.69, 9.17) is 0 Å². The lowest BCUT2D eigenvalue weighted by atomic mass is 9.95. The van der Waals surface area contributed by atoms with Crippen molar-refractivity contribution in [3.8, 4) is 28.5 Å². The fourth-order valence-corrected chi connectivity index (χ4v) is 5.48. The third kappa shape index (κ3) is 6.14. The average molecular weight is 601 g/mol. The van der Waals surface area contributed by atoms with Gasteiger partial charge >= 0.3 is 6.18 Å². The van der Waals surface area contributed by atoms with E-state index in [2.05, 4.69) is 0 Å². The van der Waals surface area contributed by atoms with Crippen LogP contribution in [0.5, 0.6) is 0 Å². The number of sulfone groups is 1. The molecule has 0 atom stereocenters. The number of rotatable bonds is 7. The lowest BCUT2D eigenvalue weighted by molar-refractivity contribution is -0.137. The minimum absolute atomic E-state index is 0.0393. The molecule has 0 aliphatic heterocycles. The highest BCUT2D eigenvalue weighted by atomic mass is 32.2. The molecule has 42 heavy (non-hydrogen) atoms. The van der Waals surface area contributed by atoms with Crippen LogP contribution < -0.4 is 5.56 Å². The average Bonchev–Trinajstić information content (AvgIpc) is 2.94. The standard InChI is InChI=1S/C31H25F5N2O3S/c1-4-42(40,41)25-12-22(18(2)3)11-23(13-25)19-6-5-7-20(10-19)29-15-27(31(34,35)36)26(16-37)30(39)38(29)17-21-8-9-24(32)14-28(21)33/h5-15,18H,4,17H2,1-3H3. The molecule has 0 bridgehead atoms. The van der Waals surface area contributed by atoms with E-state index in [0.29, 0.717) is 23.3 Å². The summed E-state index contributed by atoms with van der Waals surface area (Å²) in [6.07, 6.45) is -5.05. The topological polar surface area (TPSA) is 79.9 Å². The molecule has 0 spiro atoms. The van der Waals surface area contributed by atoms with Gasteiger partial charge in [-0.3, -0.25) is 4.79 Å². The normalized spacial score (nSPS) is 12.0. The maximum atomic E-state index is 14.6. The van der Waals surface area contributed by atoms with Crippen LogP contribution >= 0.6 is 0 Å². The molecule has 0 amide bonds. The van der Waals surface area contributed by atoms with Gasteiger partial charge in [-0.05, 0) is 58.5 Å². The number of nitrogens with zero attached hydrogens (tertiary/aromatic N) is 2. The van der Waals surface area contributed by atoms with E-state index in [1.54, 1.807) is 18.2 Å². The summed E-state index contributed by atoms with van der Waals surface area (Å²) in [5, 5.41) is 9.45. The fraction of sp³-hybridized carbons (Fsp3) is 0.226. The van der Waals surface area contributed by atoms with Crippen LogP contribution in [0.25, 0.3) is 22.4 Å². The van der Waals surface area contributed by atoms with Gasteiger partial charge in [0.25, 0.3) is 5.56 Å². The number of aromatic nitrogens is 1. The van der Waals surface area contributed by atoms with E-state index in [1.807, 2.05) is 13.8 Å². The van der Waals surface area contributed by atoms with Crippen molar-refractivity contribution in [3.05, 3.63) is 111 Å². The molecule has 4 rings (SSSR count). The molecule has 1 aromatic heterocycles. The van der Waals surface area contributed by atoms with Crippen LogP contribution in [-0.4, -0.2) is 18.7 Å². The second-order valence-electron chi connectivity index (χ2n) is 9.98. The van der Waals surface area contributed by atoms with Crippen LogP contribution in [0.15, 0.2) is 76.4 Å². The smallest absolute Gasteiger partial charge is 0.303 e. The zero-order valence-electron chi connectivity index (χ0n) is 22.8. The maximum Gasteiger partial charge on any atom is 0.417 e. The van der Waals surface area contributed by atoms with Gasteiger partial charge in [0, 0.05) is 11.6 Å². The predicted octanol–water partition coefficient (Wildman–Crippen LogP) is 7.32. The van der Waals surface area contributed by atoms with E-state index in [-0.39, 0.29) is 33.4 Å². The van der Waals surface area contributed by atoms with Crippen molar-refractivity contribution >= 4 is 9.84 Å². The Labute approximate surface area is 239 Å². The molecule has 0 radical (unpaired) electrons. The zero-order chi connectivity index (χ0) is 31.0. The highest BCUT2D eigenvalue weighted by Crippen LogP contribution is 2.36. The first-order valence-electron chi connectivity index (χ1n) is 12.8. The van der Waals surface area contributed by atoms with Crippen LogP contribution in [0.1, 0.15) is 48.9 Å². The van der Waals surface area contributed by atoms with Gasteiger partial charge in [0.05, 0.1) is 28.5 Å². The molecular formula is C31H25F5N2O3S. The van der Waals surface area contributed by atoms with Crippen LogP contribution in [0, 0.1) is 23.0 Å². The first-order chi connectivity index (χ1) is 19.7. The zero-order valence-corrected chi connectivity index (χ0v) is 23.6. The number of alkyl halides is 3. The number of hydrogen-bond acceptors (Lipinski definition) is 4. The van der Waals surface area contributed by atoms with Gasteiger partial charge in [0.2, 0.25) is 0 Å². The van der Waals surface area contributed by atoms with E-state index in [0.717, 1.165) is 22.3 Å². The molecule has 0 N–H and O–H groups in total. The quantitative estimate of drug-likeness (QED) is 0.208. The van der Waals surface area contributed by atoms with Gasteiger partial charge in [-0.1, -0.05) is 51.1 Å². The highest BCUT2D eigenvalue weighted by molar-refractivity contribution is 7.91. The van der Waals surface area contributed by atoms with Gasteiger partial charge in [0.15, 0.2) is 9.84 Å². The first kappa shape index (κ1) is 30.7. The third-order valence-electron chi connectivity index (χ3n) is 6.89. The molecular weight excluding hydrogens is 575 g/mol. The number of nitriles is 1. The molecule has 3 aromatic carbocycles. The molecule has 5 nitrogen and oxygen atoms in total. The molecule has 11 heteroatoms. The number of benzene rings is 3. The van der Waals surface area contributed by atoms with Crippen molar-refractivity contribution in [1.82, 2.24) is 4.57 Å². The highest BCUT2D eigenvalue weighted by Gasteiger charge is 2.36. The van der Waals surface area contributed by atoms with Gasteiger partial charge in [-0.2, -0.15) is 18.4 Å². The van der Waals surface area contributed by atoms with Crippen LogP contribution in [-0.2, 0) is 22.6 Å². The van der Waals surface area contributed by atoms with E-state index < -0.39 is 50.9 Å². The molecule has 0 aliphatic carbocycles. The maximum absolute atomic E-state index is 14.6. The predicted molar refractivity (Wildman–Crippen MR) is 149 cm³/mol. The van der Waals surface area contributed by atoms with E-state index >= 15 is 0 Å². The summed E-state index contributed by atoms with van der Waals surface area (Å²) in [6.45, 7) is 4.71. The summed E-state index contributed by atoms with van der Waals surface area (Å²) in [6, 6.07) is 15.5. The van der Waals surface area contributed by atoms with Gasteiger partial charge in [-0.25, -0.2) is 17.2 Å². The SMILES string of the molecule is CCS(=O)(=O)c1cc(-c2cccc(-c3cc(C(F)(F)F)c(C#N)c(=O)n3Cc3ccc(F)cc3F)c2)cc(C(C)C)c1. The summed E-state index contributed by atoms with van der Waals surface area (Å²) >= 11 is 0. The van der Waals surface area contributed by atoms with Crippen molar-refractivity contribution in [3.63, 3.8) is 0 Å².